The molecule has 0 unspecified atom stereocenters. The SMILES string of the molecule is CC(=O)c1c(C(=O)O)ccc(C(=O)O)c1I(=O)=O. The maximum Gasteiger partial charge on any atom is 0.342 e. The molecule has 0 aliphatic rings. The van der Waals surface area contributed by atoms with Gasteiger partial charge in [-0.05, 0) is 19.1 Å². The summed E-state index contributed by atoms with van der Waals surface area (Å²) in [7, 11) is 0. The van der Waals surface area contributed by atoms with Crippen LogP contribution in [0.15, 0.2) is 12.1 Å². The number of carboxylic acid groups (broad SMARTS) is 2. The molecule has 1 aromatic rings. The number of hydrogen-bond acceptors (Lipinski definition) is 5. The highest BCUT2D eigenvalue weighted by molar-refractivity contribution is 14.2. The number of benzene rings is 1. The number of hydrogen-bond donors (Lipinski definition) is 2. The minimum atomic E-state index is -4.33. The average Bonchev–Trinajstić information content (AvgIpc) is 2.26. The van der Waals surface area contributed by atoms with Crippen LogP contribution in [0.1, 0.15) is 38.0 Å². The van der Waals surface area contributed by atoms with Gasteiger partial charge in [0.1, 0.15) is 3.57 Å². The lowest BCUT2D eigenvalue weighted by atomic mass is 10.0. The predicted molar refractivity (Wildman–Crippen MR) is 64.5 cm³/mol. The zero-order valence-corrected chi connectivity index (χ0v) is 11.1. The molecule has 0 bridgehead atoms. The summed E-state index contributed by atoms with van der Waals surface area (Å²) in [5, 5.41) is 17.7. The van der Waals surface area contributed by atoms with Crippen molar-refractivity contribution in [3.63, 3.8) is 0 Å². The van der Waals surface area contributed by atoms with Gasteiger partial charge in [0.2, 0.25) is 0 Å². The number of ketones is 1. The van der Waals surface area contributed by atoms with Crippen LogP contribution in [0.2, 0.25) is 0 Å². The summed E-state index contributed by atoms with van der Waals surface area (Å²) >= 11 is -4.33. The minimum Gasteiger partial charge on any atom is -0.478 e. The van der Waals surface area contributed by atoms with E-state index in [-0.39, 0.29) is 0 Å². The Bertz CT molecular complexity index is 619. The number of carboxylic acids is 2. The Morgan fingerprint density at radius 1 is 1.00 bits per heavy atom. The van der Waals surface area contributed by atoms with E-state index in [1.54, 1.807) is 0 Å². The van der Waals surface area contributed by atoms with Crippen molar-refractivity contribution in [1.82, 2.24) is 0 Å². The maximum atomic E-state index is 11.4. The Kier molecular flexibility index (Phi) is 4.11. The highest BCUT2D eigenvalue weighted by atomic mass is 127. The number of carbonyl (C=O) groups excluding carboxylic acids is 1. The first-order chi connectivity index (χ1) is 8.27. The molecular formula is C10H7IO7. The van der Waals surface area contributed by atoms with E-state index >= 15 is 0 Å². The Balaban J connectivity index is 3.88. The smallest absolute Gasteiger partial charge is 0.342 e. The zero-order valence-electron chi connectivity index (χ0n) is 8.97. The van der Waals surface area contributed by atoms with E-state index in [1.165, 1.54) is 0 Å². The molecule has 18 heavy (non-hydrogen) atoms. The van der Waals surface area contributed by atoms with Crippen molar-refractivity contribution in [1.29, 1.82) is 0 Å². The second-order valence-electron chi connectivity index (χ2n) is 3.23. The van der Waals surface area contributed by atoms with E-state index in [0.29, 0.717) is 0 Å². The predicted octanol–water partition coefficient (Wildman–Crippen LogP) is 1.65. The molecule has 2 N–H and O–H groups in total. The fourth-order valence-electron chi connectivity index (χ4n) is 1.42. The van der Waals surface area contributed by atoms with Gasteiger partial charge in [-0.15, -0.1) is 0 Å². The Morgan fingerprint density at radius 3 is 1.78 bits per heavy atom. The van der Waals surface area contributed by atoms with Crippen LogP contribution >= 0.6 is 19.8 Å². The quantitative estimate of drug-likeness (QED) is 0.613. The normalized spacial score (nSPS) is 10.3. The summed E-state index contributed by atoms with van der Waals surface area (Å²) in [4.78, 5) is 33.1. The number of carbonyl (C=O) groups is 3. The minimum absolute atomic E-state index is 0.517. The first kappa shape index (κ1) is 14.2. The molecule has 0 spiro atoms. The van der Waals surface area contributed by atoms with E-state index in [0.717, 1.165) is 19.1 Å². The molecule has 8 heteroatoms. The lowest BCUT2D eigenvalue weighted by Gasteiger charge is -2.07. The van der Waals surface area contributed by atoms with Crippen molar-refractivity contribution in [2.75, 3.05) is 0 Å². The standard InChI is InChI=1S/C10H7IO7/c1-4(12)7-5(9(13)14)2-3-6(10(15)16)8(7)11(17)18/h2-3H,1H3,(H,13,14)(H,15,16). The summed E-state index contributed by atoms with van der Waals surface area (Å²) < 4.78 is 21.6. The van der Waals surface area contributed by atoms with E-state index in [9.17, 15) is 20.5 Å². The molecule has 0 radical (unpaired) electrons. The molecule has 0 amide bonds. The topological polar surface area (TPSA) is 126 Å². The fraction of sp³-hybridized carbons (Fsp3) is 0.100. The van der Waals surface area contributed by atoms with Crippen molar-refractivity contribution < 1.29 is 30.7 Å². The molecule has 7 nitrogen and oxygen atoms in total. The average molecular weight is 366 g/mol. The van der Waals surface area contributed by atoms with E-state index in [2.05, 4.69) is 0 Å². The first-order valence-electron chi connectivity index (χ1n) is 4.47. The maximum absolute atomic E-state index is 11.4. The lowest BCUT2D eigenvalue weighted by molar-refractivity contribution is 0.0678. The van der Waals surface area contributed by atoms with Crippen molar-refractivity contribution in [3.05, 3.63) is 32.4 Å². The fourth-order valence-corrected chi connectivity index (χ4v) is 3.42. The summed E-state index contributed by atoms with van der Waals surface area (Å²) in [6, 6.07) is 1.78. The molecule has 0 saturated heterocycles. The third-order valence-electron chi connectivity index (χ3n) is 2.11. The van der Waals surface area contributed by atoms with Crippen molar-refractivity contribution in [2.24, 2.45) is 0 Å². The Hall–Kier alpha value is -1.84. The van der Waals surface area contributed by atoms with Crippen molar-refractivity contribution >= 4 is 37.5 Å². The van der Waals surface area contributed by atoms with E-state index in [4.69, 9.17) is 10.2 Å². The van der Waals surface area contributed by atoms with Crippen LogP contribution in [-0.4, -0.2) is 27.9 Å². The number of Topliss-reactive ketones (excluding diaryl/α,β-unsaturated/α-hetero) is 1. The molecule has 1 aromatic carbocycles. The van der Waals surface area contributed by atoms with Gasteiger partial charge >= 0.3 is 31.7 Å². The largest absolute Gasteiger partial charge is 0.478 e. The van der Waals surface area contributed by atoms with Crippen LogP contribution in [0, 0.1) is 3.57 Å². The molecule has 0 heterocycles. The lowest BCUT2D eigenvalue weighted by Crippen LogP contribution is -2.13. The highest BCUT2D eigenvalue weighted by Gasteiger charge is 2.26. The van der Waals surface area contributed by atoms with Gasteiger partial charge in [0.05, 0.1) is 16.7 Å². The van der Waals surface area contributed by atoms with Gasteiger partial charge in [-0.1, -0.05) is 0 Å². The van der Waals surface area contributed by atoms with Gasteiger partial charge in [0.25, 0.3) is 0 Å². The summed E-state index contributed by atoms with van der Waals surface area (Å²) in [5.74, 6) is -3.82. The Morgan fingerprint density at radius 2 is 1.44 bits per heavy atom. The second kappa shape index (κ2) is 5.21. The van der Waals surface area contributed by atoms with Gasteiger partial charge in [-0.3, -0.25) is 4.79 Å². The van der Waals surface area contributed by atoms with Crippen LogP contribution in [0.5, 0.6) is 0 Å². The van der Waals surface area contributed by atoms with Crippen LogP contribution in [-0.2, 0) is 6.14 Å². The first-order valence-corrected chi connectivity index (χ1v) is 7.31. The number of halogens is 1. The van der Waals surface area contributed by atoms with Gasteiger partial charge in [-0.25, -0.2) is 15.7 Å². The number of aromatic carboxylic acids is 2. The molecule has 0 atom stereocenters. The van der Waals surface area contributed by atoms with E-state index < -0.39 is 57.8 Å². The van der Waals surface area contributed by atoms with Crippen LogP contribution in [0.3, 0.4) is 0 Å². The zero-order chi connectivity index (χ0) is 14.0. The molecule has 0 aromatic heterocycles. The molecule has 0 aliphatic carbocycles. The molecule has 1 rings (SSSR count). The van der Waals surface area contributed by atoms with Crippen molar-refractivity contribution in [3.8, 4) is 0 Å². The Labute approximate surface area is 108 Å². The third kappa shape index (κ3) is 2.53. The van der Waals surface area contributed by atoms with Gasteiger partial charge in [-0.2, -0.15) is 0 Å². The van der Waals surface area contributed by atoms with Gasteiger partial charge < -0.3 is 10.2 Å². The monoisotopic (exact) mass is 366 g/mol. The van der Waals surface area contributed by atoms with Crippen LogP contribution < -0.4 is 0 Å². The van der Waals surface area contributed by atoms with E-state index in [1.807, 2.05) is 0 Å². The highest BCUT2D eigenvalue weighted by Crippen LogP contribution is 2.29. The van der Waals surface area contributed by atoms with Crippen LogP contribution in [0.25, 0.3) is 0 Å². The summed E-state index contributed by atoms with van der Waals surface area (Å²) in [6.07, 6.45) is 0. The molecule has 96 valence electrons. The molecule has 0 aliphatic heterocycles. The van der Waals surface area contributed by atoms with Gasteiger partial charge in [0.15, 0.2) is 5.78 Å². The van der Waals surface area contributed by atoms with Crippen molar-refractivity contribution in [2.45, 2.75) is 6.92 Å². The van der Waals surface area contributed by atoms with Gasteiger partial charge in [0, 0.05) is 0 Å². The summed E-state index contributed by atoms with van der Waals surface area (Å²) in [5.41, 5.74) is -1.67. The van der Waals surface area contributed by atoms with Crippen LogP contribution in [0.4, 0.5) is 0 Å². The molecule has 0 fully saturated rings. The summed E-state index contributed by atoms with van der Waals surface area (Å²) in [6.45, 7) is 0.983. The number of rotatable bonds is 4. The molecular weight excluding hydrogens is 359 g/mol. The molecule has 0 saturated carbocycles. The second-order valence-corrected chi connectivity index (χ2v) is 5.55. The third-order valence-corrected chi connectivity index (χ3v) is 4.11.